The number of fused-ring (bicyclic) bond motifs is 1. The van der Waals surface area contributed by atoms with Crippen LogP contribution in [0.15, 0.2) is 12.1 Å². The lowest BCUT2D eigenvalue weighted by atomic mass is 9.97. The normalized spacial score (nSPS) is 23.3. The Morgan fingerprint density at radius 3 is 2.70 bits per heavy atom. The van der Waals surface area contributed by atoms with E-state index in [4.69, 9.17) is 9.84 Å². The van der Waals surface area contributed by atoms with E-state index in [9.17, 15) is 0 Å². The Balaban J connectivity index is 1.70. The van der Waals surface area contributed by atoms with Crippen LogP contribution < -0.4 is 4.74 Å². The molecule has 0 bridgehead atoms. The minimum Gasteiger partial charge on any atom is -0.496 e. The summed E-state index contributed by atoms with van der Waals surface area (Å²) in [6.07, 6.45) is 4.80. The molecule has 1 fully saturated rings. The predicted molar refractivity (Wildman–Crippen MR) is 93.3 cm³/mol. The molecule has 4 heteroatoms. The lowest BCUT2D eigenvalue weighted by Crippen LogP contribution is -2.51. The molecule has 0 amide bonds. The van der Waals surface area contributed by atoms with Crippen molar-refractivity contribution in [2.45, 2.75) is 38.6 Å². The fourth-order valence-corrected chi connectivity index (χ4v) is 4.21. The third kappa shape index (κ3) is 3.70. The second kappa shape index (κ2) is 7.65. The van der Waals surface area contributed by atoms with E-state index in [0.29, 0.717) is 6.04 Å². The molecule has 1 aromatic rings. The first-order chi connectivity index (χ1) is 11.2. The van der Waals surface area contributed by atoms with Gasteiger partial charge in [0, 0.05) is 38.8 Å². The van der Waals surface area contributed by atoms with Crippen LogP contribution in [0.4, 0.5) is 0 Å². The smallest absolute Gasteiger partial charge is 0.125 e. The van der Waals surface area contributed by atoms with E-state index in [-0.39, 0.29) is 6.61 Å². The SMILES string of the molecule is COc1c(C)ccc2c1CCC[C@H](N1CCN(CCO)CC1)C2. The average molecular weight is 318 g/mol. The van der Waals surface area contributed by atoms with Crippen LogP contribution in [0.25, 0.3) is 0 Å². The van der Waals surface area contributed by atoms with Crippen molar-refractivity contribution in [1.82, 2.24) is 9.80 Å². The highest BCUT2D eigenvalue weighted by molar-refractivity contribution is 5.47. The van der Waals surface area contributed by atoms with Gasteiger partial charge in [0.05, 0.1) is 13.7 Å². The highest BCUT2D eigenvalue weighted by Crippen LogP contribution is 2.33. The molecule has 0 aromatic heterocycles. The van der Waals surface area contributed by atoms with Crippen molar-refractivity contribution in [1.29, 1.82) is 0 Å². The second-order valence-corrected chi connectivity index (χ2v) is 6.90. The molecule has 23 heavy (non-hydrogen) atoms. The summed E-state index contributed by atoms with van der Waals surface area (Å²) >= 11 is 0. The molecular formula is C19H30N2O2. The zero-order chi connectivity index (χ0) is 16.2. The summed E-state index contributed by atoms with van der Waals surface area (Å²) < 4.78 is 5.68. The minimum atomic E-state index is 0.274. The number of ether oxygens (including phenoxy) is 1. The topological polar surface area (TPSA) is 35.9 Å². The highest BCUT2D eigenvalue weighted by Gasteiger charge is 2.27. The van der Waals surface area contributed by atoms with Crippen molar-refractivity contribution < 1.29 is 9.84 Å². The molecule has 1 aliphatic carbocycles. The van der Waals surface area contributed by atoms with Crippen molar-refractivity contribution in [3.63, 3.8) is 0 Å². The van der Waals surface area contributed by atoms with E-state index >= 15 is 0 Å². The Hall–Kier alpha value is -1.10. The van der Waals surface area contributed by atoms with Crippen LogP contribution in [0.3, 0.4) is 0 Å². The Bertz CT molecular complexity index is 524. The zero-order valence-electron chi connectivity index (χ0n) is 14.6. The summed E-state index contributed by atoms with van der Waals surface area (Å²) in [6, 6.07) is 5.17. The Labute approximate surface area is 140 Å². The van der Waals surface area contributed by atoms with Gasteiger partial charge in [0.25, 0.3) is 0 Å². The number of hydrogen-bond acceptors (Lipinski definition) is 4. The summed E-state index contributed by atoms with van der Waals surface area (Å²) in [7, 11) is 1.80. The summed E-state index contributed by atoms with van der Waals surface area (Å²) in [5, 5.41) is 9.08. The van der Waals surface area contributed by atoms with Crippen molar-refractivity contribution >= 4 is 0 Å². The molecule has 1 aromatic carbocycles. The van der Waals surface area contributed by atoms with Gasteiger partial charge in [0.15, 0.2) is 0 Å². The number of aryl methyl sites for hydroxylation is 1. The molecule has 1 heterocycles. The standard InChI is InChI=1S/C19H30N2O2/c1-15-6-7-16-14-17(4-3-5-18(16)19(15)23-2)21-10-8-20(9-11-21)12-13-22/h6-7,17,22H,3-5,8-14H2,1-2H3/t17-/m0/s1. The molecule has 4 nitrogen and oxygen atoms in total. The molecule has 2 aliphatic rings. The molecule has 0 saturated carbocycles. The van der Waals surface area contributed by atoms with Crippen LogP contribution in [0.1, 0.15) is 29.5 Å². The van der Waals surface area contributed by atoms with Gasteiger partial charge in [-0.15, -0.1) is 0 Å². The van der Waals surface area contributed by atoms with Gasteiger partial charge < -0.3 is 9.84 Å². The van der Waals surface area contributed by atoms with E-state index in [1.165, 1.54) is 29.5 Å². The first-order valence-corrected chi connectivity index (χ1v) is 8.95. The lowest BCUT2D eigenvalue weighted by molar-refractivity contribution is 0.0805. The number of β-amino-alcohol motifs (C(OH)–C–C–N with tert-alkyl or cyclic N) is 1. The average Bonchev–Trinajstić information content (AvgIpc) is 2.78. The number of benzene rings is 1. The van der Waals surface area contributed by atoms with Crippen molar-refractivity contribution in [3.8, 4) is 5.75 Å². The highest BCUT2D eigenvalue weighted by atomic mass is 16.5. The van der Waals surface area contributed by atoms with E-state index in [0.717, 1.165) is 51.3 Å². The number of hydrogen-bond donors (Lipinski definition) is 1. The lowest BCUT2D eigenvalue weighted by Gasteiger charge is -2.39. The summed E-state index contributed by atoms with van der Waals surface area (Å²) in [6.45, 7) is 7.66. The number of rotatable bonds is 4. The molecule has 1 saturated heterocycles. The largest absolute Gasteiger partial charge is 0.496 e. The van der Waals surface area contributed by atoms with Gasteiger partial charge in [0.2, 0.25) is 0 Å². The van der Waals surface area contributed by atoms with Gasteiger partial charge in [-0.3, -0.25) is 9.80 Å². The summed E-state index contributed by atoms with van der Waals surface area (Å²) in [4.78, 5) is 5.03. The van der Waals surface area contributed by atoms with Crippen LogP contribution >= 0.6 is 0 Å². The third-order valence-electron chi connectivity index (χ3n) is 5.52. The quantitative estimate of drug-likeness (QED) is 0.860. The van der Waals surface area contributed by atoms with E-state index < -0.39 is 0 Å². The van der Waals surface area contributed by atoms with E-state index in [1.807, 2.05) is 0 Å². The fraction of sp³-hybridized carbons (Fsp3) is 0.684. The first-order valence-electron chi connectivity index (χ1n) is 8.95. The number of methoxy groups -OCH3 is 1. The van der Waals surface area contributed by atoms with Crippen molar-refractivity contribution in [3.05, 3.63) is 28.8 Å². The Kier molecular flexibility index (Phi) is 5.57. The predicted octanol–water partition coefficient (Wildman–Crippen LogP) is 1.86. The van der Waals surface area contributed by atoms with E-state index in [2.05, 4.69) is 28.9 Å². The number of aliphatic hydroxyl groups is 1. The maximum Gasteiger partial charge on any atom is 0.125 e. The fourth-order valence-electron chi connectivity index (χ4n) is 4.21. The van der Waals surface area contributed by atoms with Crippen molar-refractivity contribution in [2.75, 3.05) is 46.4 Å². The van der Waals surface area contributed by atoms with Crippen LogP contribution in [0.2, 0.25) is 0 Å². The zero-order valence-corrected chi connectivity index (χ0v) is 14.6. The van der Waals surface area contributed by atoms with Gasteiger partial charge in [-0.1, -0.05) is 12.1 Å². The van der Waals surface area contributed by atoms with E-state index in [1.54, 1.807) is 7.11 Å². The molecule has 0 unspecified atom stereocenters. The number of nitrogens with zero attached hydrogens (tertiary/aromatic N) is 2. The molecule has 0 spiro atoms. The van der Waals surface area contributed by atoms with Crippen LogP contribution in [0, 0.1) is 6.92 Å². The van der Waals surface area contributed by atoms with Crippen molar-refractivity contribution in [2.24, 2.45) is 0 Å². The maximum atomic E-state index is 9.08. The molecule has 1 atom stereocenters. The molecule has 0 radical (unpaired) electrons. The van der Waals surface area contributed by atoms with Crippen LogP contribution in [0.5, 0.6) is 5.75 Å². The van der Waals surface area contributed by atoms with Crippen LogP contribution in [-0.4, -0.2) is 67.4 Å². The monoisotopic (exact) mass is 318 g/mol. The molecule has 128 valence electrons. The second-order valence-electron chi connectivity index (χ2n) is 6.90. The minimum absolute atomic E-state index is 0.274. The van der Waals surface area contributed by atoms with Gasteiger partial charge in [-0.25, -0.2) is 0 Å². The van der Waals surface area contributed by atoms with Crippen LogP contribution in [-0.2, 0) is 12.8 Å². The maximum absolute atomic E-state index is 9.08. The Morgan fingerprint density at radius 1 is 1.22 bits per heavy atom. The molecular weight excluding hydrogens is 288 g/mol. The van der Waals surface area contributed by atoms with Gasteiger partial charge in [-0.2, -0.15) is 0 Å². The van der Waals surface area contributed by atoms with Gasteiger partial charge in [-0.05, 0) is 49.3 Å². The number of piperazine rings is 1. The first kappa shape index (κ1) is 16.7. The van der Waals surface area contributed by atoms with Gasteiger partial charge in [0.1, 0.15) is 5.75 Å². The molecule has 3 rings (SSSR count). The summed E-state index contributed by atoms with van der Waals surface area (Å²) in [5.74, 6) is 1.11. The third-order valence-corrected chi connectivity index (χ3v) is 5.52. The molecule has 1 N–H and O–H groups in total. The summed E-state index contributed by atoms with van der Waals surface area (Å²) in [5.41, 5.74) is 4.17. The molecule has 1 aliphatic heterocycles. The Morgan fingerprint density at radius 2 is 2.00 bits per heavy atom. The number of aliphatic hydroxyl groups excluding tert-OH is 1. The van der Waals surface area contributed by atoms with Gasteiger partial charge >= 0.3 is 0 Å².